The molecule has 1 aromatic carbocycles. The monoisotopic (exact) mass is 236 g/mol. The summed E-state index contributed by atoms with van der Waals surface area (Å²) in [4.78, 5) is 2.47. The van der Waals surface area contributed by atoms with Crippen LogP contribution in [0.25, 0.3) is 0 Å². The fraction of sp³-hybridized carbons (Fsp3) is 0.538. The number of halogens is 1. The highest BCUT2D eigenvalue weighted by Gasteiger charge is 2.40. The second-order valence-corrected chi connectivity index (χ2v) is 5.51. The van der Waals surface area contributed by atoms with Gasteiger partial charge >= 0.3 is 0 Å². The van der Waals surface area contributed by atoms with Gasteiger partial charge in [-0.2, -0.15) is 0 Å². The fourth-order valence-electron chi connectivity index (χ4n) is 2.97. The van der Waals surface area contributed by atoms with Crippen LogP contribution in [0.1, 0.15) is 12.8 Å². The maximum absolute atomic E-state index is 6.04. The third-order valence-corrected chi connectivity index (χ3v) is 4.18. The second-order valence-electron chi connectivity index (χ2n) is 5.08. The summed E-state index contributed by atoms with van der Waals surface area (Å²) in [6.07, 6.45) is 2.64. The SMILES string of the molecule is Clc1cccc(N2CCC3(CCNC3)C2)c1. The molecule has 1 atom stereocenters. The molecule has 2 saturated heterocycles. The number of benzene rings is 1. The molecular weight excluding hydrogens is 220 g/mol. The van der Waals surface area contributed by atoms with Crippen LogP contribution in [0.2, 0.25) is 5.02 Å². The normalized spacial score (nSPS) is 29.2. The lowest BCUT2D eigenvalue weighted by atomic mass is 9.86. The number of nitrogens with one attached hydrogen (secondary N) is 1. The minimum Gasteiger partial charge on any atom is -0.371 e. The van der Waals surface area contributed by atoms with Gasteiger partial charge in [0.25, 0.3) is 0 Å². The molecule has 2 heterocycles. The Balaban J connectivity index is 1.78. The van der Waals surface area contributed by atoms with Crippen LogP contribution < -0.4 is 10.2 Å². The molecule has 0 saturated carbocycles. The third kappa shape index (κ3) is 1.80. The minimum absolute atomic E-state index is 0.530. The van der Waals surface area contributed by atoms with Crippen molar-refractivity contribution in [1.29, 1.82) is 0 Å². The molecule has 0 radical (unpaired) electrons. The zero-order valence-electron chi connectivity index (χ0n) is 9.38. The van der Waals surface area contributed by atoms with Crippen molar-refractivity contribution in [2.24, 2.45) is 5.41 Å². The third-order valence-electron chi connectivity index (χ3n) is 3.94. The zero-order valence-corrected chi connectivity index (χ0v) is 10.1. The van der Waals surface area contributed by atoms with Crippen LogP contribution in [-0.2, 0) is 0 Å². The van der Waals surface area contributed by atoms with Crippen molar-refractivity contribution < 1.29 is 0 Å². The van der Waals surface area contributed by atoms with Crippen molar-refractivity contribution in [3.05, 3.63) is 29.3 Å². The van der Waals surface area contributed by atoms with Crippen molar-refractivity contribution in [1.82, 2.24) is 5.32 Å². The molecule has 3 heteroatoms. The van der Waals surface area contributed by atoms with Gasteiger partial charge in [0.1, 0.15) is 0 Å². The topological polar surface area (TPSA) is 15.3 Å². The van der Waals surface area contributed by atoms with Crippen molar-refractivity contribution in [2.75, 3.05) is 31.1 Å². The quantitative estimate of drug-likeness (QED) is 0.806. The average molecular weight is 237 g/mol. The molecule has 1 unspecified atom stereocenters. The van der Waals surface area contributed by atoms with Crippen molar-refractivity contribution in [2.45, 2.75) is 12.8 Å². The van der Waals surface area contributed by atoms with Crippen LogP contribution >= 0.6 is 11.6 Å². The molecule has 2 aliphatic rings. The van der Waals surface area contributed by atoms with Gasteiger partial charge in [-0.05, 0) is 37.6 Å². The van der Waals surface area contributed by atoms with Crippen molar-refractivity contribution in [3.8, 4) is 0 Å². The van der Waals surface area contributed by atoms with E-state index >= 15 is 0 Å². The molecule has 3 rings (SSSR count). The lowest BCUT2D eigenvalue weighted by Crippen LogP contribution is -2.29. The van der Waals surface area contributed by atoms with Crippen LogP contribution in [0.5, 0.6) is 0 Å². The Labute approximate surface area is 102 Å². The molecule has 2 aliphatic heterocycles. The highest BCUT2D eigenvalue weighted by molar-refractivity contribution is 6.30. The second kappa shape index (κ2) is 3.94. The smallest absolute Gasteiger partial charge is 0.0426 e. The van der Waals surface area contributed by atoms with Gasteiger partial charge in [0.15, 0.2) is 0 Å². The van der Waals surface area contributed by atoms with Crippen LogP contribution in [0.15, 0.2) is 24.3 Å². The first-order chi connectivity index (χ1) is 7.77. The number of rotatable bonds is 1. The van der Waals surface area contributed by atoms with Gasteiger partial charge < -0.3 is 10.2 Å². The minimum atomic E-state index is 0.530. The van der Waals surface area contributed by atoms with Crippen molar-refractivity contribution in [3.63, 3.8) is 0 Å². The molecule has 16 heavy (non-hydrogen) atoms. The van der Waals surface area contributed by atoms with E-state index in [4.69, 9.17) is 11.6 Å². The van der Waals surface area contributed by atoms with E-state index in [0.717, 1.165) is 5.02 Å². The van der Waals surface area contributed by atoms with E-state index in [9.17, 15) is 0 Å². The first kappa shape index (κ1) is 10.4. The Bertz CT molecular complexity index is 385. The molecule has 1 N–H and O–H groups in total. The Morgan fingerprint density at radius 3 is 3.00 bits per heavy atom. The van der Waals surface area contributed by atoms with Gasteiger partial charge in [0.05, 0.1) is 0 Å². The zero-order chi connectivity index (χ0) is 11.0. The predicted octanol–water partition coefficient (Wildman–Crippen LogP) is 2.53. The number of anilines is 1. The maximum atomic E-state index is 6.04. The summed E-state index contributed by atoms with van der Waals surface area (Å²) < 4.78 is 0. The molecule has 0 bridgehead atoms. The molecule has 1 aromatic rings. The summed E-state index contributed by atoms with van der Waals surface area (Å²) in [6, 6.07) is 8.21. The number of nitrogens with zero attached hydrogens (tertiary/aromatic N) is 1. The molecule has 1 spiro atoms. The van der Waals surface area contributed by atoms with Crippen LogP contribution in [0, 0.1) is 5.41 Å². The van der Waals surface area contributed by atoms with E-state index in [1.165, 1.54) is 44.7 Å². The van der Waals surface area contributed by atoms with Gasteiger partial charge in [0.2, 0.25) is 0 Å². The molecular formula is C13H17ClN2. The van der Waals surface area contributed by atoms with E-state index in [0.29, 0.717) is 5.41 Å². The molecule has 0 aromatic heterocycles. The average Bonchev–Trinajstić information content (AvgIpc) is 2.90. The largest absolute Gasteiger partial charge is 0.371 e. The standard InChI is InChI=1S/C13H17ClN2/c14-11-2-1-3-12(8-11)16-7-5-13(10-16)4-6-15-9-13/h1-3,8,15H,4-7,9-10H2. The van der Waals surface area contributed by atoms with Gasteiger partial charge in [0, 0.05) is 35.8 Å². The van der Waals surface area contributed by atoms with E-state index < -0.39 is 0 Å². The Morgan fingerprint density at radius 1 is 1.31 bits per heavy atom. The van der Waals surface area contributed by atoms with E-state index in [1.54, 1.807) is 0 Å². The highest BCUT2D eigenvalue weighted by atomic mass is 35.5. The molecule has 2 nitrogen and oxygen atoms in total. The van der Waals surface area contributed by atoms with Crippen LogP contribution in [-0.4, -0.2) is 26.2 Å². The summed E-state index contributed by atoms with van der Waals surface area (Å²) in [5.41, 5.74) is 1.80. The predicted molar refractivity (Wildman–Crippen MR) is 68.2 cm³/mol. The molecule has 0 aliphatic carbocycles. The Hall–Kier alpha value is -0.730. The van der Waals surface area contributed by atoms with E-state index in [2.05, 4.69) is 22.3 Å². The summed E-state index contributed by atoms with van der Waals surface area (Å²) in [5, 5.41) is 4.32. The lowest BCUT2D eigenvalue weighted by Gasteiger charge is -2.24. The number of hydrogen-bond acceptors (Lipinski definition) is 2. The summed E-state index contributed by atoms with van der Waals surface area (Å²) in [5.74, 6) is 0. The summed E-state index contributed by atoms with van der Waals surface area (Å²) >= 11 is 6.04. The summed E-state index contributed by atoms with van der Waals surface area (Å²) in [7, 11) is 0. The first-order valence-electron chi connectivity index (χ1n) is 5.99. The van der Waals surface area contributed by atoms with E-state index in [-0.39, 0.29) is 0 Å². The van der Waals surface area contributed by atoms with Crippen molar-refractivity contribution >= 4 is 17.3 Å². The molecule has 86 valence electrons. The van der Waals surface area contributed by atoms with Gasteiger partial charge in [-0.15, -0.1) is 0 Å². The lowest BCUT2D eigenvalue weighted by molar-refractivity contribution is 0.369. The fourth-order valence-corrected chi connectivity index (χ4v) is 3.16. The summed E-state index contributed by atoms with van der Waals surface area (Å²) in [6.45, 7) is 4.72. The Morgan fingerprint density at radius 2 is 2.25 bits per heavy atom. The van der Waals surface area contributed by atoms with Crippen LogP contribution in [0.3, 0.4) is 0 Å². The number of hydrogen-bond donors (Lipinski definition) is 1. The molecule has 2 fully saturated rings. The van der Waals surface area contributed by atoms with E-state index in [1.807, 2.05) is 12.1 Å². The van der Waals surface area contributed by atoms with Crippen LogP contribution in [0.4, 0.5) is 5.69 Å². The van der Waals surface area contributed by atoms with Gasteiger partial charge in [-0.3, -0.25) is 0 Å². The Kier molecular flexibility index (Phi) is 2.56. The van der Waals surface area contributed by atoms with Gasteiger partial charge in [-0.25, -0.2) is 0 Å². The highest BCUT2D eigenvalue weighted by Crippen LogP contribution is 2.38. The maximum Gasteiger partial charge on any atom is 0.0426 e. The van der Waals surface area contributed by atoms with Gasteiger partial charge in [-0.1, -0.05) is 17.7 Å². The molecule has 0 amide bonds. The first-order valence-corrected chi connectivity index (χ1v) is 6.37.